The molecule has 19 heavy (non-hydrogen) atoms. The van der Waals surface area contributed by atoms with Crippen LogP contribution in [-0.4, -0.2) is 23.8 Å². The van der Waals surface area contributed by atoms with Gasteiger partial charge in [0.2, 0.25) is 5.89 Å². The molecule has 1 N–H and O–H groups in total. The van der Waals surface area contributed by atoms with Gasteiger partial charge in [-0.15, -0.1) is 0 Å². The summed E-state index contributed by atoms with van der Waals surface area (Å²) >= 11 is 0. The van der Waals surface area contributed by atoms with Gasteiger partial charge in [0.05, 0.1) is 0 Å². The van der Waals surface area contributed by atoms with Gasteiger partial charge in [-0.1, -0.05) is 29.4 Å². The van der Waals surface area contributed by atoms with Crippen LogP contribution < -0.4 is 5.32 Å². The van der Waals surface area contributed by atoms with E-state index in [-0.39, 0.29) is 12.1 Å². The molecule has 5 nitrogen and oxygen atoms in total. The summed E-state index contributed by atoms with van der Waals surface area (Å²) in [5.41, 5.74) is 2.56. The lowest BCUT2D eigenvalue weighted by Gasteiger charge is -2.23. The Balaban J connectivity index is 1.93. The fraction of sp³-hybridized carbons (Fsp3) is 0.429. The van der Waals surface area contributed by atoms with Gasteiger partial charge in [0.1, 0.15) is 12.1 Å². The zero-order chi connectivity index (χ0) is 13.2. The van der Waals surface area contributed by atoms with Crippen LogP contribution in [0.2, 0.25) is 0 Å². The molecule has 0 bridgehead atoms. The molecule has 0 spiro atoms. The summed E-state index contributed by atoms with van der Waals surface area (Å²) in [7, 11) is 1.63. The Bertz CT molecular complexity index is 567. The Morgan fingerprint density at radius 2 is 2.26 bits per heavy atom. The molecule has 1 aliphatic rings. The van der Waals surface area contributed by atoms with Gasteiger partial charge in [0.25, 0.3) is 0 Å². The van der Waals surface area contributed by atoms with Crippen molar-refractivity contribution >= 4 is 0 Å². The van der Waals surface area contributed by atoms with Crippen LogP contribution >= 0.6 is 0 Å². The highest BCUT2D eigenvalue weighted by atomic mass is 16.5. The van der Waals surface area contributed by atoms with Crippen molar-refractivity contribution < 1.29 is 9.26 Å². The molecule has 1 aromatic heterocycles. The normalized spacial score (nSPS) is 20.0. The van der Waals surface area contributed by atoms with Crippen LogP contribution in [-0.2, 0) is 11.2 Å². The Morgan fingerprint density at radius 1 is 1.42 bits per heavy atom. The van der Waals surface area contributed by atoms with E-state index in [1.165, 1.54) is 11.1 Å². The second-order valence-corrected chi connectivity index (χ2v) is 4.70. The van der Waals surface area contributed by atoms with Crippen LogP contribution in [0.1, 0.15) is 41.9 Å². The first-order chi connectivity index (χ1) is 9.29. The van der Waals surface area contributed by atoms with Gasteiger partial charge in [0, 0.05) is 13.7 Å². The maximum atomic E-state index is 5.38. The topological polar surface area (TPSA) is 60.2 Å². The molecular formula is C14H17N3O2. The molecule has 0 amide bonds. The van der Waals surface area contributed by atoms with E-state index in [9.17, 15) is 0 Å². The highest BCUT2D eigenvalue weighted by Gasteiger charge is 2.26. The minimum Gasteiger partial charge on any atom is -0.374 e. The first-order valence-electron chi connectivity index (χ1n) is 6.47. The van der Waals surface area contributed by atoms with Gasteiger partial charge in [-0.3, -0.25) is 0 Å². The summed E-state index contributed by atoms with van der Waals surface area (Å²) in [6.45, 7) is 2.82. The lowest BCUT2D eigenvalue weighted by molar-refractivity contribution is 0.109. The van der Waals surface area contributed by atoms with E-state index >= 15 is 0 Å². The summed E-state index contributed by atoms with van der Waals surface area (Å²) in [6.07, 6.45) is 0.874. The Hall–Kier alpha value is -1.72. The zero-order valence-corrected chi connectivity index (χ0v) is 11.1. The van der Waals surface area contributed by atoms with Crippen molar-refractivity contribution in [3.05, 3.63) is 47.1 Å². The Morgan fingerprint density at radius 3 is 3.11 bits per heavy atom. The summed E-state index contributed by atoms with van der Waals surface area (Å²) in [4.78, 5) is 4.44. The minimum absolute atomic E-state index is 0.0183. The summed E-state index contributed by atoms with van der Waals surface area (Å²) in [5, 5.41) is 7.41. The van der Waals surface area contributed by atoms with Gasteiger partial charge < -0.3 is 14.6 Å². The molecule has 1 aromatic carbocycles. The standard InChI is InChI=1S/C14H17N3O2/c1-9(18-2)13-16-14(19-17-13)12-11-6-4-3-5-10(11)7-8-15-12/h3-6,9,12,15H,7-8H2,1-2H3. The monoisotopic (exact) mass is 259 g/mol. The van der Waals surface area contributed by atoms with E-state index in [1.54, 1.807) is 7.11 Å². The van der Waals surface area contributed by atoms with Crippen molar-refractivity contribution in [1.29, 1.82) is 0 Å². The van der Waals surface area contributed by atoms with Crippen molar-refractivity contribution in [3.8, 4) is 0 Å². The number of methoxy groups -OCH3 is 1. The molecular weight excluding hydrogens is 242 g/mol. The number of nitrogens with zero attached hydrogens (tertiary/aromatic N) is 2. The first-order valence-corrected chi connectivity index (χ1v) is 6.47. The number of ether oxygens (including phenoxy) is 1. The first kappa shape index (κ1) is 12.3. The highest BCUT2D eigenvalue weighted by molar-refractivity contribution is 5.35. The number of rotatable bonds is 3. The van der Waals surface area contributed by atoms with E-state index in [0.717, 1.165) is 13.0 Å². The molecule has 0 fully saturated rings. The second-order valence-electron chi connectivity index (χ2n) is 4.70. The second kappa shape index (κ2) is 5.11. The van der Waals surface area contributed by atoms with E-state index in [4.69, 9.17) is 9.26 Å². The smallest absolute Gasteiger partial charge is 0.248 e. The van der Waals surface area contributed by atoms with E-state index in [0.29, 0.717) is 11.7 Å². The molecule has 0 saturated heterocycles. The van der Waals surface area contributed by atoms with Crippen LogP contribution in [0, 0.1) is 0 Å². The summed E-state index contributed by atoms with van der Waals surface area (Å²) in [5.74, 6) is 1.19. The van der Waals surface area contributed by atoms with Crippen molar-refractivity contribution in [2.45, 2.75) is 25.5 Å². The maximum Gasteiger partial charge on any atom is 0.248 e. The van der Waals surface area contributed by atoms with Crippen molar-refractivity contribution in [3.63, 3.8) is 0 Å². The van der Waals surface area contributed by atoms with Crippen LogP contribution in [0.25, 0.3) is 0 Å². The number of nitrogens with one attached hydrogen (secondary N) is 1. The average Bonchev–Trinajstić information content (AvgIpc) is 2.95. The van der Waals surface area contributed by atoms with E-state index < -0.39 is 0 Å². The number of aromatic nitrogens is 2. The van der Waals surface area contributed by atoms with E-state index in [2.05, 4.69) is 33.7 Å². The molecule has 0 saturated carbocycles. The Labute approximate surface area is 112 Å². The fourth-order valence-electron chi connectivity index (χ4n) is 2.36. The molecule has 3 rings (SSSR count). The summed E-state index contributed by atoms with van der Waals surface area (Å²) in [6, 6.07) is 8.34. The third kappa shape index (κ3) is 2.27. The number of fused-ring (bicyclic) bond motifs is 1. The van der Waals surface area contributed by atoms with Gasteiger partial charge in [-0.05, 0) is 24.5 Å². The third-order valence-corrected chi connectivity index (χ3v) is 3.53. The molecule has 2 atom stereocenters. The fourth-order valence-corrected chi connectivity index (χ4v) is 2.36. The molecule has 5 heteroatoms. The van der Waals surface area contributed by atoms with E-state index in [1.807, 2.05) is 13.0 Å². The molecule has 0 aliphatic carbocycles. The zero-order valence-electron chi connectivity index (χ0n) is 11.1. The minimum atomic E-state index is -0.156. The molecule has 2 heterocycles. The Kier molecular flexibility index (Phi) is 3.31. The quantitative estimate of drug-likeness (QED) is 0.913. The highest BCUT2D eigenvalue weighted by Crippen LogP contribution is 2.28. The van der Waals surface area contributed by atoms with Gasteiger partial charge in [0.15, 0.2) is 5.82 Å². The molecule has 0 radical (unpaired) electrons. The van der Waals surface area contributed by atoms with Crippen LogP contribution in [0.15, 0.2) is 28.8 Å². The molecule has 1 aliphatic heterocycles. The average molecular weight is 259 g/mol. The van der Waals surface area contributed by atoms with Crippen LogP contribution in [0.5, 0.6) is 0 Å². The largest absolute Gasteiger partial charge is 0.374 e. The predicted octanol–water partition coefficient (Wildman–Crippen LogP) is 2.01. The van der Waals surface area contributed by atoms with Crippen molar-refractivity contribution in [2.24, 2.45) is 0 Å². The molecule has 100 valence electrons. The van der Waals surface area contributed by atoms with Crippen LogP contribution in [0.4, 0.5) is 0 Å². The summed E-state index contributed by atoms with van der Waals surface area (Å²) < 4.78 is 10.6. The lowest BCUT2D eigenvalue weighted by Crippen LogP contribution is -2.30. The molecule has 2 unspecified atom stereocenters. The number of hydrogen-bond acceptors (Lipinski definition) is 5. The predicted molar refractivity (Wildman–Crippen MR) is 69.7 cm³/mol. The van der Waals surface area contributed by atoms with Crippen LogP contribution in [0.3, 0.4) is 0 Å². The molecule has 2 aromatic rings. The number of benzene rings is 1. The SMILES string of the molecule is COC(C)c1noc(C2NCCc3ccccc32)n1. The number of hydrogen-bond donors (Lipinski definition) is 1. The van der Waals surface area contributed by atoms with Crippen molar-refractivity contribution in [2.75, 3.05) is 13.7 Å². The third-order valence-electron chi connectivity index (χ3n) is 3.53. The lowest BCUT2D eigenvalue weighted by atomic mass is 9.94. The van der Waals surface area contributed by atoms with Crippen molar-refractivity contribution in [1.82, 2.24) is 15.5 Å². The van der Waals surface area contributed by atoms with Gasteiger partial charge in [-0.2, -0.15) is 4.98 Å². The maximum absolute atomic E-state index is 5.38. The van der Waals surface area contributed by atoms with Gasteiger partial charge in [-0.25, -0.2) is 0 Å². The van der Waals surface area contributed by atoms with Gasteiger partial charge >= 0.3 is 0 Å².